The van der Waals surface area contributed by atoms with E-state index in [-0.39, 0.29) is 23.5 Å². The second-order valence-corrected chi connectivity index (χ2v) is 13.4. The predicted octanol–water partition coefficient (Wildman–Crippen LogP) is 8.53. The molecule has 4 aromatic rings. The molecule has 2 spiro atoms. The van der Waals surface area contributed by atoms with Crippen LogP contribution in [-0.4, -0.2) is 34.1 Å². The number of hydrogen-bond acceptors (Lipinski definition) is 4. The van der Waals surface area contributed by atoms with Crippen molar-refractivity contribution in [3.05, 3.63) is 123 Å². The van der Waals surface area contributed by atoms with E-state index >= 15 is 9.59 Å². The van der Waals surface area contributed by atoms with Gasteiger partial charge in [-0.2, -0.15) is 0 Å². The molecule has 2 aliphatic carbocycles. The molecule has 0 aromatic heterocycles. The number of carbonyl (C=O) groups is 2. The van der Waals surface area contributed by atoms with Crippen molar-refractivity contribution in [3.8, 4) is 0 Å². The fourth-order valence-electron chi connectivity index (χ4n) is 8.60. The van der Waals surface area contributed by atoms with Gasteiger partial charge in [0.25, 0.3) is 0 Å². The Hall–Kier alpha value is -2.89. The van der Waals surface area contributed by atoms with E-state index in [1.54, 1.807) is 0 Å². The van der Waals surface area contributed by atoms with E-state index in [9.17, 15) is 0 Å². The normalized spacial score (nSPS) is 29.9. The number of carbonyl (C=O) groups excluding carboxylic acids is 2. The Morgan fingerprint density at radius 2 is 1.61 bits per heavy atom. The fourth-order valence-corrected chi connectivity index (χ4v) is 10.3. The lowest BCUT2D eigenvalue weighted by Crippen LogP contribution is -2.60. The summed E-state index contributed by atoms with van der Waals surface area (Å²) in [6.45, 7) is 0. The molecule has 204 valence electrons. The molecule has 0 bridgehead atoms. The highest BCUT2D eigenvalue weighted by molar-refractivity contribution is 7.99. The van der Waals surface area contributed by atoms with Gasteiger partial charge in [-0.15, -0.1) is 11.8 Å². The largest absolute Gasteiger partial charge is 0.294 e. The summed E-state index contributed by atoms with van der Waals surface area (Å²) >= 11 is 15.4. The van der Waals surface area contributed by atoms with Gasteiger partial charge in [0.05, 0.1) is 5.41 Å². The van der Waals surface area contributed by atoms with Crippen LogP contribution < -0.4 is 0 Å². The first kappa shape index (κ1) is 25.8. The summed E-state index contributed by atoms with van der Waals surface area (Å²) in [6, 6.07) is 27.8. The molecule has 4 aromatic carbocycles. The van der Waals surface area contributed by atoms with Crippen molar-refractivity contribution >= 4 is 63.4 Å². The molecule has 2 saturated heterocycles. The number of Topliss-reactive ketones (excluding diaryl/α,β-unsaturated/α-hetero) is 2. The van der Waals surface area contributed by atoms with Gasteiger partial charge in [-0.25, -0.2) is 0 Å². The van der Waals surface area contributed by atoms with Crippen molar-refractivity contribution in [2.75, 3.05) is 11.6 Å². The Balaban J connectivity index is 1.46. The Bertz CT molecular complexity index is 1810. The Morgan fingerprint density at radius 3 is 2.41 bits per heavy atom. The van der Waals surface area contributed by atoms with Crippen LogP contribution in [0.4, 0.5) is 0 Å². The zero-order valence-electron chi connectivity index (χ0n) is 22.3. The van der Waals surface area contributed by atoms with Crippen molar-refractivity contribution in [2.24, 2.45) is 5.41 Å². The van der Waals surface area contributed by atoms with Gasteiger partial charge in [-0.3, -0.25) is 14.5 Å². The number of halogens is 2. The van der Waals surface area contributed by atoms with E-state index in [1.165, 1.54) is 0 Å². The molecule has 0 unspecified atom stereocenters. The maximum absolute atomic E-state index is 15.4. The molecule has 2 heterocycles. The lowest BCUT2D eigenvalue weighted by molar-refractivity contribution is -0.132. The maximum Gasteiger partial charge on any atom is 0.189 e. The molecule has 0 radical (unpaired) electrons. The van der Waals surface area contributed by atoms with Crippen LogP contribution in [0.2, 0.25) is 10.0 Å². The molecular formula is C35H27Cl2NO2S. The first-order valence-corrected chi connectivity index (χ1v) is 16.1. The summed E-state index contributed by atoms with van der Waals surface area (Å²) in [4.78, 5) is 33.0. The molecule has 0 N–H and O–H groups in total. The summed E-state index contributed by atoms with van der Waals surface area (Å²) in [7, 11) is 0. The SMILES string of the molecule is O=C1c2cccc3cccc(c23)[C@]12N1CSC[C@H]1[C@H](c1ccccc1Cl)[C@]21CCC/C(=C\c2ccccc2Cl)C1=O. The molecule has 3 fully saturated rings. The summed E-state index contributed by atoms with van der Waals surface area (Å²) < 4.78 is 0. The second kappa shape index (κ2) is 9.31. The standard InChI is InChI=1S/C35H27Cl2NO2S/c36-27-15-3-1-8-22(27)18-23-11-7-17-34(32(23)39)31(24-12-2-4-16-28(24)37)29-19-41-20-38(29)35(34)26-14-6-10-21-9-5-13-25(30(21)26)33(35)40/h1-6,8-10,12-16,18,29,31H,7,11,17,19-20H2/b23-18+/t29-,31-,34-,35-/m0/s1. The van der Waals surface area contributed by atoms with Crippen molar-refractivity contribution in [3.63, 3.8) is 0 Å². The van der Waals surface area contributed by atoms with Crippen molar-refractivity contribution in [1.29, 1.82) is 0 Å². The van der Waals surface area contributed by atoms with Crippen LogP contribution in [0.1, 0.15) is 52.2 Å². The summed E-state index contributed by atoms with van der Waals surface area (Å²) in [6.07, 6.45) is 4.05. The smallest absolute Gasteiger partial charge is 0.189 e. The molecule has 0 amide bonds. The minimum Gasteiger partial charge on any atom is -0.294 e. The van der Waals surface area contributed by atoms with E-state index < -0.39 is 11.0 Å². The third kappa shape index (κ3) is 3.22. The predicted molar refractivity (Wildman–Crippen MR) is 168 cm³/mol. The van der Waals surface area contributed by atoms with Crippen LogP contribution in [0, 0.1) is 5.41 Å². The minimum atomic E-state index is -1.11. The average Bonchev–Trinajstić information content (AvgIpc) is 3.62. The van der Waals surface area contributed by atoms with Crippen LogP contribution in [0.3, 0.4) is 0 Å². The van der Waals surface area contributed by atoms with Crippen LogP contribution in [0.5, 0.6) is 0 Å². The molecule has 41 heavy (non-hydrogen) atoms. The third-order valence-electron chi connectivity index (χ3n) is 9.97. The molecule has 4 atom stereocenters. The highest BCUT2D eigenvalue weighted by atomic mass is 35.5. The first-order chi connectivity index (χ1) is 20.0. The highest BCUT2D eigenvalue weighted by Crippen LogP contribution is 2.71. The lowest BCUT2D eigenvalue weighted by Gasteiger charge is -2.50. The molecule has 2 aliphatic heterocycles. The zero-order valence-corrected chi connectivity index (χ0v) is 24.6. The van der Waals surface area contributed by atoms with Gasteiger partial charge in [-0.1, -0.05) is 96.0 Å². The topological polar surface area (TPSA) is 37.4 Å². The van der Waals surface area contributed by atoms with Gasteiger partial charge < -0.3 is 0 Å². The van der Waals surface area contributed by atoms with Crippen LogP contribution >= 0.6 is 35.0 Å². The van der Waals surface area contributed by atoms with Gasteiger partial charge in [0.1, 0.15) is 5.54 Å². The summed E-state index contributed by atoms with van der Waals surface area (Å²) in [5.74, 6) is 1.42. The fraction of sp³-hybridized carbons (Fsp3) is 0.257. The molecular weight excluding hydrogens is 569 g/mol. The number of rotatable bonds is 2. The van der Waals surface area contributed by atoms with Gasteiger partial charge in [0.2, 0.25) is 0 Å². The Kier molecular flexibility index (Phi) is 5.85. The molecule has 3 nitrogen and oxygen atoms in total. The molecule has 4 aliphatic rings. The minimum absolute atomic E-state index is 0.00275. The molecule has 6 heteroatoms. The number of nitrogens with zero attached hydrogens (tertiary/aromatic N) is 1. The maximum atomic E-state index is 15.4. The van der Waals surface area contributed by atoms with Gasteiger partial charge in [0, 0.05) is 39.2 Å². The highest BCUT2D eigenvalue weighted by Gasteiger charge is 2.77. The summed E-state index contributed by atoms with van der Waals surface area (Å²) in [5, 5.41) is 3.30. The number of fused-ring (bicyclic) bond motifs is 4. The quantitative estimate of drug-likeness (QED) is 0.218. The lowest BCUT2D eigenvalue weighted by atomic mass is 9.52. The monoisotopic (exact) mass is 595 g/mol. The van der Waals surface area contributed by atoms with E-state index in [4.69, 9.17) is 23.2 Å². The van der Waals surface area contributed by atoms with E-state index in [0.717, 1.165) is 50.8 Å². The van der Waals surface area contributed by atoms with Crippen molar-refractivity contribution in [2.45, 2.75) is 36.8 Å². The first-order valence-electron chi connectivity index (χ1n) is 14.2. The number of thioether (sulfide) groups is 1. The van der Waals surface area contributed by atoms with Crippen molar-refractivity contribution in [1.82, 2.24) is 4.90 Å². The van der Waals surface area contributed by atoms with Crippen molar-refractivity contribution < 1.29 is 9.59 Å². The zero-order chi connectivity index (χ0) is 27.9. The molecule has 8 rings (SSSR count). The summed E-state index contributed by atoms with van der Waals surface area (Å²) in [5.41, 5.74) is 2.12. The van der Waals surface area contributed by atoms with E-state index in [0.29, 0.717) is 28.8 Å². The average molecular weight is 597 g/mol. The van der Waals surface area contributed by atoms with Crippen LogP contribution in [0.25, 0.3) is 16.8 Å². The van der Waals surface area contributed by atoms with Crippen LogP contribution in [-0.2, 0) is 10.3 Å². The van der Waals surface area contributed by atoms with E-state index in [1.807, 2.05) is 78.5 Å². The number of benzene rings is 4. The van der Waals surface area contributed by atoms with Gasteiger partial charge in [0.15, 0.2) is 11.6 Å². The van der Waals surface area contributed by atoms with Crippen LogP contribution in [0.15, 0.2) is 90.5 Å². The Labute approximate surface area is 253 Å². The number of allylic oxidation sites excluding steroid dienone is 1. The number of hydrogen-bond donors (Lipinski definition) is 0. The molecule has 1 saturated carbocycles. The van der Waals surface area contributed by atoms with Gasteiger partial charge in [-0.05, 0) is 70.5 Å². The van der Waals surface area contributed by atoms with Gasteiger partial charge >= 0.3 is 0 Å². The Morgan fingerprint density at radius 1 is 0.854 bits per heavy atom. The third-order valence-corrected chi connectivity index (χ3v) is 11.7. The van der Waals surface area contributed by atoms with E-state index in [2.05, 4.69) is 29.2 Å². The second-order valence-electron chi connectivity index (χ2n) is 11.6. The number of ketones is 2.